The Morgan fingerprint density at radius 1 is 1.20 bits per heavy atom. The number of hydrogen-bond donors (Lipinski definition) is 1. The lowest BCUT2D eigenvalue weighted by atomic mass is 9.84. The Labute approximate surface area is 177 Å². The number of hydrogen-bond acceptors (Lipinski definition) is 3. The molecule has 0 bridgehead atoms. The molecule has 160 valence electrons. The van der Waals surface area contributed by atoms with Crippen molar-refractivity contribution < 1.29 is 9.18 Å². The molecule has 1 atom stereocenters. The molecule has 0 fully saturated rings. The van der Waals surface area contributed by atoms with Gasteiger partial charge in [-0.1, -0.05) is 46.2 Å². The van der Waals surface area contributed by atoms with E-state index in [4.69, 9.17) is 4.98 Å². The zero-order valence-corrected chi connectivity index (χ0v) is 18.3. The number of amides is 1. The Balaban J connectivity index is 1.77. The molecule has 3 rings (SSSR count). The van der Waals surface area contributed by atoms with Crippen LogP contribution in [-0.4, -0.2) is 26.5 Å². The fourth-order valence-electron chi connectivity index (χ4n) is 3.66. The van der Waals surface area contributed by atoms with Crippen LogP contribution in [-0.2, 0) is 17.8 Å². The predicted molar refractivity (Wildman–Crippen MR) is 118 cm³/mol. The third-order valence-corrected chi connectivity index (χ3v) is 5.42. The topological polar surface area (TPSA) is 59.8 Å². The number of benzene rings is 1. The Morgan fingerprint density at radius 3 is 2.60 bits per heavy atom. The van der Waals surface area contributed by atoms with Gasteiger partial charge in [-0.2, -0.15) is 0 Å². The quantitative estimate of drug-likeness (QED) is 0.576. The molecule has 1 N–H and O–H groups in total. The van der Waals surface area contributed by atoms with E-state index in [1.165, 1.54) is 12.1 Å². The van der Waals surface area contributed by atoms with Crippen LogP contribution in [0.4, 0.5) is 4.39 Å². The number of pyridine rings is 1. The Morgan fingerprint density at radius 2 is 1.93 bits per heavy atom. The van der Waals surface area contributed by atoms with E-state index < -0.39 is 0 Å². The van der Waals surface area contributed by atoms with Gasteiger partial charge in [0.05, 0.1) is 17.2 Å². The molecule has 30 heavy (non-hydrogen) atoms. The van der Waals surface area contributed by atoms with Crippen LogP contribution in [0.15, 0.2) is 42.7 Å². The number of imidazole rings is 1. The van der Waals surface area contributed by atoms with Crippen LogP contribution < -0.4 is 5.32 Å². The lowest BCUT2D eigenvalue weighted by molar-refractivity contribution is -0.122. The minimum Gasteiger partial charge on any atom is -0.353 e. The van der Waals surface area contributed by atoms with Gasteiger partial charge in [0.2, 0.25) is 5.91 Å². The molecule has 2 aromatic heterocycles. The molecule has 0 saturated carbocycles. The second-order valence-corrected chi connectivity index (χ2v) is 8.88. The van der Waals surface area contributed by atoms with E-state index in [-0.39, 0.29) is 23.2 Å². The van der Waals surface area contributed by atoms with Crippen molar-refractivity contribution in [3.63, 3.8) is 0 Å². The van der Waals surface area contributed by atoms with Crippen LogP contribution in [0.2, 0.25) is 0 Å². The summed E-state index contributed by atoms with van der Waals surface area (Å²) in [5, 5.41) is 3.21. The van der Waals surface area contributed by atoms with E-state index >= 15 is 0 Å². The summed E-state index contributed by atoms with van der Waals surface area (Å²) < 4.78 is 15.3. The summed E-state index contributed by atoms with van der Waals surface area (Å²) in [6, 6.07) is 8.48. The molecule has 2 heterocycles. The molecule has 0 aliphatic rings. The van der Waals surface area contributed by atoms with Crippen molar-refractivity contribution in [1.82, 2.24) is 19.9 Å². The molecule has 0 radical (unpaired) electrons. The molecule has 1 aromatic carbocycles. The smallest absolute Gasteiger partial charge is 0.220 e. The van der Waals surface area contributed by atoms with E-state index in [2.05, 4.69) is 42.6 Å². The highest BCUT2D eigenvalue weighted by Gasteiger charge is 2.25. The maximum atomic E-state index is 13.3. The third kappa shape index (κ3) is 5.43. The zero-order chi connectivity index (χ0) is 21.7. The SMILES string of the molecule is CCCC(NC(=O)CCc1nc2ccncc2n1Cc1ccc(F)cc1)C(C)(C)C. The van der Waals surface area contributed by atoms with Crippen molar-refractivity contribution in [3.05, 3.63) is 59.9 Å². The maximum absolute atomic E-state index is 13.3. The highest BCUT2D eigenvalue weighted by atomic mass is 19.1. The summed E-state index contributed by atoms with van der Waals surface area (Å²) in [6.07, 6.45) is 6.40. The number of aromatic nitrogens is 3. The molecule has 0 saturated heterocycles. The van der Waals surface area contributed by atoms with Gasteiger partial charge in [0.1, 0.15) is 11.6 Å². The number of rotatable bonds is 8. The van der Waals surface area contributed by atoms with E-state index in [0.29, 0.717) is 19.4 Å². The number of carbonyl (C=O) groups is 1. The van der Waals surface area contributed by atoms with E-state index in [9.17, 15) is 9.18 Å². The average molecular weight is 411 g/mol. The second-order valence-electron chi connectivity index (χ2n) is 8.88. The van der Waals surface area contributed by atoms with Crippen molar-refractivity contribution in [1.29, 1.82) is 0 Å². The Bertz CT molecular complexity index is 989. The molecular weight excluding hydrogens is 379 g/mol. The fraction of sp³-hybridized carbons (Fsp3) is 0.458. The molecule has 5 nitrogen and oxygen atoms in total. The Kier molecular flexibility index (Phi) is 6.85. The largest absolute Gasteiger partial charge is 0.353 e. The van der Waals surface area contributed by atoms with Crippen LogP contribution in [0.1, 0.15) is 58.3 Å². The van der Waals surface area contributed by atoms with Crippen LogP contribution in [0.3, 0.4) is 0 Å². The summed E-state index contributed by atoms with van der Waals surface area (Å²) >= 11 is 0. The van der Waals surface area contributed by atoms with Crippen molar-refractivity contribution in [2.75, 3.05) is 0 Å². The first-order chi connectivity index (χ1) is 14.3. The van der Waals surface area contributed by atoms with E-state index in [1.807, 2.05) is 6.07 Å². The van der Waals surface area contributed by atoms with Gasteiger partial charge >= 0.3 is 0 Å². The van der Waals surface area contributed by atoms with Crippen molar-refractivity contribution in [2.45, 2.75) is 66.0 Å². The number of carbonyl (C=O) groups excluding carboxylic acids is 1. The third-order valence-electron chi connectivity index (χ3n) is 5.42. The summed E-state index contributed by atoms with van der Waals surface area (Å²) in [6.45, 7) is 9.16. The van der Waals surface area contributed by atoms with Gasteiger partial charge in [0, 0.05) is 31.6 Å². The van der Waals surface area contributed by atoms with Gasteiger partial charge in [-0.15, -0.1) is 0 Å². The molecule has 1 unspecified atom stereocenters. The molecule has 0 aliphatic carbocycles. The van der Waals surface area contributed by atoms with Crippen molar-refractivity contribution in [2.24, 2.45) is 5.41 Å². The van der Waals surface area contributed by atoms with Crippen LogP contribution in [0.25, 0.3) is 11.0 Å². The predicted octanol–water partition coefficient (Wildman–Crippen LogP) is 4.88. The van der Waals surface area contributed by atoms with Gasteiger partial charge in [0.25, 0.3) is 0 Å². The summed E-state index contributed by atoms with van der Waals surface area (Å²) in [7, 11) is 0. The lowest BCUT2D eigenvalue weighted by Gasteiger charge is -2.31. The van der Waals surface area contributed by atoms with Gasteiger partial charge in [-0.05, 0) is 35.6 Å². The standard InChI is InChI=1S/C24H31FN4O/c1-5-6-21(24(2,3)4)28-23(30)12-11-22-27-19-13-14-26-15-20(19)29(22)16-17-7-9-18(25)10-8-17/h7-10,13-15,21H,5-6,11-12,16H2,1-4H3,(H,28,30). The molecule has 3 aromatic rings. The zero-order valence-electron chi connectivity index (χ0n) is 18.3. The van der Waals surface area contributed by atoms with Crippen LogP contribution in [0, 0.1) is 11.2 Å². The van der Waals surface area contributed by atoms with Crippen molar-refractivity contribution >= 4 is 16.9 Å². The first kappa shape index (κ1) is 21.9. The highest BCUT2D eigenvalue weighted by molar-refractivity contribution is 5.77. The first-order valence-electron chi connectivity index (χ1n) is 10.6. The van der Waals surface area contributed by atoms with Crippen LogP contribution >= 0.6 is 0 Å². The molecule has 0 spiro atoms. The van der Waals surface area contributed by atoms with Gasteiger partial charge in [-0.25, -0.2) is 9.37 Å². The van der Waals surface area contributed by atoms with Gasteiger partial charge in [0.15, 0.2) is 0 Å². The minimum absolute atomic E-state index is 0.0209. The number of halogens is 1. The maximum Gasteiger partial charge on any atom is 0.220 e. The lowest BCUT2D eigenvalue weighted by Crippen LogP contribution is -2.43. The summed E-state index contributed by atoms with van der Waals surface area (Å²) in [5.41, 5.74) is 2.76. The number of nitrogens with one attached hydrogen (secondary N) is 1. The fourth-order valence-corrected chi connectivity index (χ4v) is 3.66. The number of fused-ring (bicyclic) bond motifs is 1. The van der Waals surface area contributed by atoms with Crippen molar-refractivity contribution in [3.8, 4) is 0 Å². The average Bonchev–Trinajstić information content (AvgIpc) is 3.04. The monoisotopic (exact) mass is 410 g/mol. The molecule has 6 heteroatoms. The van der Waals surface area contributed by atoms with Gasteiger partial charge < -0.3 is 9.88 Å². The normalized spacial score (nSPS) is 12.8. The van der Waals surface area contributed by atoms with Gasteiger partial charge in [-0.3, -0.25) is 9.78 Å². The van der Waals surface area contributed by atoms with E-state index in [0.717, 1.165) is 35.3 Å². The second kappa shape index (κ2) is 9.37. The highest BCUT2D eigenvalue weighted by Crippen LogP contribution is 2.23. The number of nitrogens with zero attached hydrogens (tertiary/aromatic N) is 3. The van der Waals surface area contributed by atoms with E-state index in [1.54, 1.807) is 24.5 Å². The summed E-state index contributed by atoms with van der Waals surface area (Å²) in [5.74, 6) is 0.621. The molecule has 1 amide bonds. The minimum atomic E-state index is -0.256. The molecule has 0 aliphatic heterocycles. The molecular formula is C24H31FN4O. The van der Waals surface area contributed by atoms with Crippen LogP contribution in [0.5, 0.6) is 0 Å². The number of aryl methyl sites for hydroxylation is 1. The Hall–Kier alpha value is -2.76. The first-order valence-corrected chi connectivity index (χ1v) is 10.6. The summed E-state index contributed by atoms with van der Waals surface area (Å²) in [4.78, 5) is 21.6.